The molecule has 2 nitrogen and oxygen atoms in total. The fraction of sp³-hybridized carbons (Fsp3) is 1.00. The molecule has 0 N–H and O–H groups in total. The summed E-state index contributed by atoms with van der Waals surface area (Å²) >= 11 is -2.82. The maximum absolute atomic E-state index is 10.3. The molecule has 71 valence electrons. The van der Waals surface area contributed by atoms with E-state index in [-0.39, 0.29) is 0 Å². The van der Waals surface area contributed by atoms with Crippen molar-refractivity contribution in [3.05, 3.63) is 0 Å². The second-order valence-corrected chi connectivity index (χ2v) is 10.3. The SMILES string of the molecule is CCCCCCCC[SiH2][Ti](=[O])=[O]. The molecule has 0 bridgehead atoms. The molecule has 0 unspecified atom stereocenters. The van der Waals surface area contributed by atoms with E-state index in [0.717, 1.165) is 12.5 Å². The Morgan fingerprint density at radius 3 is 2.17 bits per heavy atom. The van der Waals surface area contributed by atoms with E-state index in [4.69, 9.17) is 0 Å². The number of rotatable bonds is 8. The van der Waals surface area contributed by atoms with Crippen molar-refractivity contribution in [2.24, 2.45) is 0 Å². The third kappa shape index (κ3) is 10.5. The van der Waals surface area contributed by atoms with Gasteiger partial charge in [0.1, 0.15) is 0 Å². The molecule has 0 saturated carbocycles. The van der Waals surface area contributed by atoms with E-state index in [1.165, 1.54) is 32.1 Å². The van der Waals surface area contributed by atoms with Gasteiger partial charge in [0.05, 0.1) is 0 Å². The first-order valence-electron chi connectivity index (χ1n) is 4.97. The Balaban J connectivity index is 2.91. The van der Waals surface area contributed by atoms with Crippen LogP contribution in [0.15, 0.2) is 0 Å². The molecule has 0 aromatic carbocycles. The van der Waals surface area contributed by atoms with Crippen LogP contribution in [0.25, 0.3) is 0 Å². The standard InChI is InChI=1S/C8H19Si.2O.Ti/c1-2-3-4-5-6-7-8-9;;;/h2-9H2,1H3;;;. The minimum absolute atomic E-state index is 0.638. The van der Waals surface area contributed by atoms with Gasteiger partial charge in [-0.05, 0) is 0 Å². The average molecular weight is 223 g/mol. The van der Waals surface area contributed by atoms with E-state index >= 15 is 0 Å². The summed E-state index contributed by atoms with van der Waals surface area (Å²) in [5, 5.41) is 0. The fourth-order valence-corrected chi connectivity index (χ4v) is 4.64. The zero-order chi connectivity index (χ0) is 9.23. The average Bonchev–Trinajstić information content (AvgIpc) is 2.02. The van der Waals surface area contributed by atoms with Crippen molar-refractivity contribution in [1.29, 1.82) is 0 Å². The van der Waals surface area contributed by atoms with Crippen LogP contribution >= 0.6 is 0 Å². The summed E-state index contributed by atoms with van der Waals surface area (Å²) in [7, 11) is -0.638. The van der Waals surface area contributed by atoms with Crippen molar-refractivity contribution in [3.8, 4) is 0 Å². The van der Waals surface area contributed by atoms with Gasteiger partial charge in [-0.15, -0.1) is 0 Å². The molecule has 0 saturated heterocycles. The van der Waals surface area contributed by atoms with Gasteiger partial charge in [-0.25, -0.2) is 0 Å². The van der Waals surface area contributed by atoms with E-state index in [0.29, 0.717) is 0 Å². The molecule has 0 spiro atoms. The summed E-state index contributed by atoms with van der Waals surface area (Å²) in [6, 6.07) is 1.04. The van der Waals surface area contributed by atoms with Gasteiger partial charge in [-0.2, -0.15) is 0 Å². The number of unbranched alkanes of at least 4 members (excludes halogenated alkanes) is 5. The molecular formula is C8H19O2SiTi. The van der Waals surface area contributed by atoms with Gasteiger partial charge in [-0.1, -0.05) is 0 Å². The van der Waals surface area contributed by atoms with E-state index in [9.17, 15) is 6.65 Å². The summed E-state index contributed by atoms with van der Waals surface area (Å²) in [6.45, 7) is 2.21. The fourth-order valence-electron chi connectivity index (χ4n) is 1.23. The number of hydrogen-bond donors (Lipinski definition) is 0. The van der Waals surface area contributed by atoms with Crippen molar-refractivity contribution in [2.75, 3.05) is 0 Å². The molecule has 0 atom stereocenters. The Morgan fingerprint density at radius 1 is 1.00 bits per heavy atom. The molecule has 0 aliphatic carbocycles. The van der Waals surface area contributed by atoms with Crippen molar-refractivity contribution in [2.45, 2.75) is 51.5 Å². The van der Waals surface area contributed by atoms with Crippen LogP contribution in [-0.2, 0) is 23.7 Å². The molecule has 0 rings (SSSR count). The molecule has 12 heavy (non-hydrogen) atoms. The van der Waals surface area contributed by atoms with Crippen molar-refractivity contribution >= 4 is 7.39 Å². The van der Waals surface area contributed by atoms with E-state index < -0.39 is 24.4 Å². The van der Waals surface area contributed by atoms with Crippen molar-refractivity contribution < 1.29 is 23.7 Å². The van der Waals surface area contributed by atoms with Gasteiger partial charge in [0.15, 0.2) is 0 Å². The molecular weight excluding hydrogens is 204 g/mol. The maximum atomic E-state index is 10.3. The van der Waals surface area contributed by atoms with Crippen LogP contribution < -0.4 is 0 Å². The predicted molar refractivity (Wildman–Crippen MR) is 48.1 cm³/mol. The van der Waals surface area contributed by atoms with Crippen molar-refractivity contribution in [3.63, 3.8) is 0 Å². The van der Waals surface area contributed by atoms with Gasteiger partial charge >= 0.3 is 82.6 Å². The van der Waals surface area contributed by atoms with Crippen LogP contribution in [0, 0.1) is 0 Å². The normalized spacial score (nSPS) is 11.1. The summed E-state index contributed by atoms with van der Waals surface area (Å²) in [5.74, 6) is 0. The Hall–Kier alpha value is 0.531. The molecule has 0 radical (unpaired) electrons. The van der Waals surface area contributed by atoms with Crippen LogP contribution in [0.2, 0.25) is 6.04 Å². The Morgan fingerprint density at radius 2 is 1.58 bits per heavy atom. The summed E-state index contributed by atoms with van der Waals surface area (Å²) in [5.41, 5.74) is 0. The van der Waals surface area contributed by atoms with E-state index in [1.54, 1.807) is 0 Å². The Kier molecular flexibility index (Phi) is 10.0. The third-order valence-corrected chi connectivity index (χ3v) is 6.82. The first-order valence-corrected chi connectivity index (χ1v) is 11.3. The first kappa shape index (κ1) is 12.5. The van der Waals surface area contributed by atoms with E-state index in [1.807, 2.05) is 0 Å². The Bertz CT molecular complexity index is 149. The minimum atomic E-state index is -2.82. The molecule has 0 aliphatic rings. The van der Waals surface area contributed by atoms with Gasteiger partial charge in [-0.3, -0.25) is 0 Å². The van der Waals surface area contributed by atoms with Gasteiger partial charge in [0, 0.05) is 0 Å². The second kappa shape index (κ2) is 9.62. The van der Waals surface area contributed by atoms with Gasteiger partial charge < -0.3 is 0 Å². The van der Waals surface area contributed by atoms with E-state index in [2.05, 4.69) is 6.92 Å². The van der Waals surface area contributed by atoms with Crippen LogP contribution in [0.5, 0.6) is 0 Å². The third-order valence-electron chi connectivity index (χ3n) is 1.98. The zero-order valence-electron chi connectivity index (χ0n) is 7.97. The summed E-state index contributed by atoms with van der Waals surface area (Å²) in [4.78, 5) is 0. The first-order chi connectivity index (χ1) is 5.77. The monoisotopic (exact) mass is 223 g/mol. The van der Waals surface area contributed by atoms with Crippen molar-refractivity contribution in [1.82, 2.24) is 0 Å². The molecule has 0 fully saturated rings. The Labute approximate surface area is 82.6 Å². The van der Waals surface area contributed by atoms with Crippen LogP contribution in [0.1, 0.15) is 45.4 Å². The molecule has 0 aliphatic heterocycles. The number of hydrogen-bond acceptors (Lipinski definition) is 2. The topological polar surface area (TPSA) is 34.1 Å². The quantitative estimate of drug-likeness (QED) is 0.466. The van der Waals surface area contributed by atoms with Gasteiger partial charge in [0.2, 0.25) is 0 Å². The van der Waals surface area contributed by atoms with Crippen LogP contribution in [0.3, 0.4) is 0 Å². The zero-order valence-corrected chi connectivity index (χ0v) is 10.9. The molecule has 0 aromatic heterocycles. The molecule has 0 aromatic rings. The summed E-state index contributed by atoms with van der Waals surface area (Å²) < 4.78 is 20.7. The molecule has 0 amide bonds. The van der Waals surface area contributed by atoms with Crippen LogP contribution in [0.4, 0.5) is 0 Å². The molecule has 0 heterocycles. The van der Waals surface area contributed by atoms with Crippen LogP contribution in [-0.4, -0.2) is 7.39 Å². The second-order valence-electron chi connectivity index (χ2n) is 3.24. The molecule has 4 heteroatoms. The summed E-state index contributed by atoms with van der Waals surface area (Å²) in [6.07, 6.45) is 7.66. The predicted octanol–water partition coefficient (Wildman–Crippen LogP) is 2.16. The van der Waals surface area contributed by atoms with Gasteiger partial charge in [0.25, 0.3) is 0 Å².